The van der Waals surface area contributed by atoms with E-state index < -0.39 is 8.32 Å². The molecule has 23 heavy (non-hydrogen) atoms. The van der Waals surface area contributed by atoms with Crippen LogP contribution < -0.4 is 4.90 Å². The first kappa shape index (κ1) is 15.9. The number of hydrogen-bond donors (Lipinski definition) is 0. The van der Waals surface area contributed by atoms with Crippen LogP contribution in [0.1, 0.15) is 0 Å². The summed E-state index contributed by atoms with van der Waals surface area (Å²) in [5, 5.41) is 0. The van der Waals surface area contributed by atoms with Gasteiger partial charge in [-0.15, -0.1) is 0 Å². The second-order valence-electron chi connectivity index (χ2n) is 6.27. The topological polar surface area (TPSA) is 29.5 Å². The summed E-state index contributed by atoms with van der Waals surface area (Å²) in [4.78, 5) is 15.9. The fraction of sp³-hybridized carbons (Fsp3) is 0.167. The monoisotopic (exact) mass is 341 g/mol. The third-order valence-corrected chi connectivity index (χ3v) is 5.24. The molecule has 0 saturated heterocycles. The maximum atomic E-state index is 11.5. The summed E-state index contributed by atoms with van der Waals surface area (Å²) in [6.45, 7) is 6.20. The Morgan fingerprint density at radius 3 is 2.00 bits per heavy atom. The number of allylic oxidation sites excluding steroid dienone is 1. The first-order valence-electron chi connectivity index (χ1n) is 7.49. The molecule has 1 aliphatic rings. The maximum Gasteiger partial charge on any atom is 0.242 e. The van der Waals surface area contributed by atoms with Gasteiger partial charge in [-0.25, -0.2) is 0 Å². The summed E-state index contributed by atoms with van der Waals surface area (Å²) in [7, 11) is -1.84. The van der Waals surface area contributed by atoms with Gasteiger partial charge in [-0.2, -0.15) is 0 Å². The van der Waals surface area contributed by atoms with Gasteiger partial charge in [0.1, 0.15) is 0 Å². The van der Waals surface area contributed by atoms with E-state index in [1.165, 1.54) is 9.79 Å². The molecule has 0 atom stereocenters. The lowest BCUT2D eigenvalue weighted by Crippen LogP contribution is -2.26. The molecule has 0 radical (unpaired) electrons. The van der Waals surface area contributed by atoms with Crippen LogP contribution in [0.5, 0.6) is 0 Å². The van der Waals surface area contributed by atoms with E-state index in [0.717, 1.165) is 17.7 Å². The molecule has 0 aromatic heterocycles. The molecule has 2 aromatic rings. The first-order valence-corrected chi connectivity index (χ1v) is 11.7. The molecule has 5 heteroatoms. The fourth-order valence-corrected chi connectivity index (χ4v) is 4.31. The summed E-state index contributed by atoms with van der Waals surface area (Å²) in [6.07, 6.45) is 2.61. The van der Waals surface area contributed by atoms with Crippen LogP contribution in [-0.2, 0) is 9.22 Å². The average molecular weight is 342 g/mol. The molecule has 0 amide bonds. The number of rotatable bonds is 4. The molecule has 2 aromatic carbocycles. The molecule has 1 aliphatic heterocycles. The molecule has 0 saturated carbocycles. The number of benzene rings is 2. The highest BCUT2D eigenvalue weighted by atomic mass is 32.2. The van der Waals surface area contributed by atoms with E-state index in [0.29, 0.717) is 5.76 Å². The number of carbonyl (C=O) groups excluding carboxylic acids is 1. The number of carbonyl (C=O) groups is 1. The van der Waals surface area contributed by atoms with E-state index in [9.17, 15) is 4.79 Å². The summed E-state index contributed by atoms with van der Waals surface area (Å²) in [6, 6.07) is 16.4. The van der Waals surface area contributed by atoms with Gasteiger partial charge in [0.25, 0.3) is 0 Å². The minimum atomic E-state index is -1.84. The Hall–Kier alpha value is -1.98. The zero-order valence-electron chi connectivity index (χ0n) is 13.4. The van der Waals surface area contributed by atoms with Crippen LogP contribution in [0.3, 0.4) is 0 Å². The van der Waals surface area contributed by atoms with E-state index >= 15 is 0 Å². The molecule has 0 unspecified atom stereocenters. The molecule has 3 nitrogen and oxygen atoms in total. The lowest BCUT2D eigenvalue weighted by molar-refractivity contribution is -0.106. The smallest absolute Gasteiger partial charge is 0.242 e. The van der Waals surface area contributed by atoms with Gasteiger partial charge in [-0.1, -0.05) is 36.0 Å². The van der Waals surface area contributed by atoms with Gasteiger partial charge >= 0.3 is 0 Å². The highest BCUT2D eigenvalue weighted by Crippen LogP contribution is 2.48. The minimum absolute atomic E-state index is 0.376. The van der Waals surface area contributed by atoms with Gasteiger partial charge in [0.15, 0.2) is 12.0 Å². The van der Waals surface area contributed by atoms with E-state index in [-0.39, 0.29) is 0 Å². The normalized spacial score (nSPS) is 14.0. The zero-order chi connectivity index (χ0) is 16.4. The highest BCUT2D eigenvalue weighted by molar-refractivity contribution is 7.99. The van der Waals surface area contributed by atoms with Crippen LogP contribution >= 0.6 is 11.8 Å². The summed E-state index contributed by atoms with van der Waals surface area (Å²) >= 11 is 1.74. The molecule has 0 spiro atoms. The Kier molecular flexibility index (Phi) is 4.32. The van der Waals surface area contributed by atoms with Crippen LogP contribution in [0.25, 0.3) is 0 Å². The van der Waals surface area contributed by atoms with Crippen LogP contribution in [0.4, 0.5) is 11.4 Å². The average Bonchev–Trinajstić information content (AvgIpc) is 2.52. The lowest BCUT2D eigenvalue weighted by atomic mass is 10.2. The number of para-hydroxylation sites is 2. The molecular formula is C18H19NO2SSi. The van der Waals surface area contributed by atoms with Gasteiger partial charge < -0.3 is 9.33 Å². The van der Waals surface area contributed by atoms with Crippen LogP contribution in [0, 0.1) is 0 Å². The van der Waals surface area contributed by atoms with Crippen molar-refractivity contribution in [3.63, 3.8) is 0 Å². The standard InChI is InChI=1S/C18H19NO2SSi/c1-23(2,3)21-14(13-20)12-19-15-8-4-6-10-17(15)22-18-11-7-5-9-16(18)19/h4-13H,1-3H3/b14-12-. The molecule has 118 valence electrons. The molecule has 1 heterocycles. The number of aldehydes is 1. The third kappa shape index (κ3) is 3.51. The Labute approximate surface area is 142 Å². The predicted octanol–water partition coefficient (Wildman–Crippen LogP) is 5.18. The van der Waals surface area contributed by atoms with Gasteiger partial charge in [0.05, 0.1) is 17.6 Å². The fourth-order valence-electron chi connectivity index (χ4n) is 2.43. The quantitative estimate of drug-likeness (QED) is 0.332. The number of nitrogens with zero attached hydrogens (tertiary/aromatic N) is 1. The van der Waals surface area contributed by atoms with Crippen molar-refractivity contribution in [1.82, 2.24) is 0 Å². The van der Waals surface area contributed by atoms with Crippen molar-refractivity contribution in [2.24, 2.45) is 0 Å². The van der Waals surface area contributed by atoms with Gasteiger partial charge in [-0.3, -0.25) is 4.79 Å². The largest absolute Gasteiger partial charge is 0.541 e. The van der Waals surface area contributed by atoms with Crippen molar-refractivity contribution >= 4 is 37.7 Å². The molecule has 3 rings (SSSR count). The summed E-state index contributed by atoms with van der Waals surface area (Å²) < 4.78 is 5.90. The highest BCUT2D eigenvalue weighted by Gasteiger charge is 2.23. The molecule has 0 aliphatic carbocycles. The first-order chi connectivity index (χ1) is 11.0. The molecule has 0 bridgehead atoms. The molecule has 0 N–H and O–H groups in total. The van der Waals surface area contributed by atoms with Crippen LogP contribution in [0.2, 0.25) is 19.6 Å². The number of fused-ring (bicyclic) bond motifs is 2. The van der Waals surface area contributed by atoms with Crippen molar-refractivity contribution in [3.05, 3.63) is 60.5 Å². The maximum absolute atomic E-state index is 11.5. The van der Waals surface area contributed by atoms with Crippen molar-refractivity contribution in [1.29, 1.82) is 0 Å². The van der Waals surface area contributed by atoms with Crippen molar-refractivity contribution in [3.8, 4) is 0 Å². The molecule has 0 fully saturated rings. The Morgan fingerprint density at radius 2 is 1.52 bits per heavy atom. The lowest BCUT2D eigenvalue weighted by Gasteiger charge is -2.31. The van der Waals surface area contributed by atoms with Gasteiger partial charge in [0.2, 0.25) is 8.32 Å². The van der Waals surface area contributed by atoms with Crippen molar-refractivity contribution in [2.75, 3.05) is 4.90 Å². The third-order valence-electron chi connectivity index (χ3n) is 3.27. The van der Waals surface area contributed by atoms with Gasteiger partial charge in [0, 0.05) is 9.79 Å². The Bertz CT molecular complexity index is 722. The van der Waals surface area contributed by atoms with E-state index in [1.807, 2.05) is 35.4 Å². The zero-order valence-corrected chi connectivity index (χ0v) is 15.3. The van der Waals surface area contributed by atoms with Crippen molar-refractivity contribution < 1.29 is 9.22 Å². The number of anilines is 2. The predicted molar refractivity (Wildman–Crippen MR) is 97.7 cm³/mol. The van der Waals surface area contributed by atoms with Gasteiger partial charge in [-0.05, 0) is 43.9 Å². The number of hydrogen-bond acceptors (Lipinski definition) is 4. The molecular weight excluding hydrogens is 322 g/mol. The van der Waals surface area contributed by atoms with E-state index in [2.05, 4.69) is 43.9 Å². The minimum Gasteiger partial charge on any atom is -0.541 e. The second-order valence-corrected chi connectivity index (χ2v) is 11.8. The van der Waals surface area contributed by atoms with E-state index in [1.54, 1.807) is 11.8 Å². The van der Waals surface area contributed by atoms with Crippen LogP contribution in [-0.4, -0.2) is 14.6 Å². The summed E-state index contributed by atoms with van der Waals surface area (Å²) in [5.74, 6) is 0.376. The summed E-state index contributed by atoms with van der Waals surface area (Å²) in [5.41, 5.74) is 2.13. The Morgan fingerprint density at radius 1 is 1.00 bits per heavy atom. The Balaban J connectivity index is 2.09. The van der Waals surface area contributed by atoms with Crippen LogP contribution in [0.15, 0.2) is 70.3 Å². The second kappa shape index (κ2) is 6.26. The SMILES string of the molecule is C[Si](C)(C)O/C(C=O)=C\N1c2ccccc2Sc2ccccc21. The van der Waals surface area contributed by atoms with E-state index in [4.69, 9.17) is 4.43 Å². The van der Waals surface area contributed by atoms with Crippen molar-refractivity contribution in [2.45, 2.75) is 29.4 Å².